The first kappa shape index (κ1) is 19.8. The number of carbonyl (C=O) groups excluding carboxylic acids is 2. The van der Waals surface area contributed by atoms with E-state index in [1.165, 1.54) is 18.6 Å². The standard InChI is InChI=1S/C20H29FN4O2/c1-16-4-2-3-9-25(16)20(27)15-24-12-10-23(11-13-24)14-19(26)22-18-7-5-17(21)6-8-18/h5-8,16H,2-4,9-15H2,1H3,(H,22,26)/t16-/m1/s1. The van der Waals surface area contributed by atoms with Gasteiger partial charge in [-0.15, -0.1) is 0 Å². The lowest BCUT2D eigenvalue weighted by molar-refractivity contribution is -0.136. The molecule has 0 unspecified atom stereocenters. The molecule has 0 aliphatic carbocycles. The molecule has 6 nitrogen and oxygen atoms in total. The second-order valence-corrected chi connectivity index (χ2v) is 7.54. The molecule has 3 rings (SSSR count). The summed E-state index contributed by atoms with van der Waals surface area (Å²) < 4.78 is 12.9. The summed E-state index contributed by atoms with van der Waals surface area (Å²) in [6, 6.07) is 6.11. The third-order valence-corrected chi connectivity index (χ3v) is 5.44. The van der Waals surface area contributed by atoms with E-state index in [4.69, 9.17) is 0 Å². The molecule has 27 heavy (non-hydrogen) atoms. The molecule has 2 aliphatic rings. The summed E-state index contributed by atoms with van der Waals surface area (Å²) in [5, 5.41) is 2.79. The Labute approximate surface area is 160 Å². The Bertz CT molecular complexity index is 644. The summed E-state index contributed by atoms with van der Waals surface area (Å²) in [4.78, 5) is 31.0. The van der Waals surface area contributed by atoms with E-state index in [2.05, 4.69) is 22.0 Å². The van der Waals surface area contributed by atoms with Gasteiger partial charge in [0.15, 0.2) is 0 Å². The van der Waals surface area contributed by atoms with Crippen molar-refractivity contribution in [1.82, 2.24) is 14.7 Å². The highest BCUT2D eigenvalue weighted by Crippen LogP contribution is 2.17. The Morgan fingerprint density at radius 3 is 2.26 bits per heavy atom. The zero-order chi connectivity index (χ0) is 19.2. The lowest BCUT2D eigenvalue weighted by Gasteiger charge is -2.37. The summed E-state index contributed by atoms with van der Waals surface area (Å²) in [5.41, 5.74) is 0.598. The molecule has 1 aromatic carbocycles. The highest BCUT2D eigenvalue weighted by atomic mass is 19.1. The second kappa shape index (κ2) is 9.28. The molecule has 0 bridgehead atoms. The van der Waals surface area contributed by atoms with E-state index in [0.717, 1.165) is 45.6 Å². The molecule has 0 radical (unpaired) electrons. The SMILES string of the molecule is C[C@@H]1CCCCN1C(=O)CN1CCN(CC(=O)Nc2ccc(F)cc2)CC1. The van der Waals surface area contributed by atoms with Crippen molar-refractivity contribution in [2.45, 2.75) is 32.2 Å². The van der Waals surface area contributed by atoms with Crippen LogP contribution in [0.25, 0.3) is 0 Å². The van der Waals surface area contributed by atoms with Gasteiger partial charge in [-0.2, -0.15) is 0 Å². The number of hydrogen-bond donors (Lipinski definition) is 1. The van der Waals surface area contributed by atoms with E-state index in [1.807, 2.05) is 4.90 Å². The first-order chi connectivity index (χ1) is 13.0. The molecule has 2 saturated heterocycles. The van der Waals surface area contributed by atoms with E-state index in [-0.39, 0.29) is 17.6 Å². The van der Waals surface area contributed by atoms with Gasteiger partial charge in [-0.1, -0.05) is 0 Å². The number of amides is 2. The van der Waals surface area contributed by atoms with Gasteiger partial charge >= 0.3 is 0 Å². The van der Waals surface area contributed by atoms with Gasteiger partial charge < -0.3 is 10.2 Å². The zero-order valence-electron chi connectivity index (χ0n) is 16.0. The topological polar surface area (TPSA) is 55.9 Å². The third kappa shape index (κ3) is 5.74. The minimum absolute atomic E-state index is 0.103. The molecule has 1 aromatic rings. The molecule has 0 spiro atoms. The van der Waals surface area contributed by atoms with Crippen LogP contribution in [-0.4, -0.2) is 78.4 Å². The molecular weight excluding hydrogens is 347 g/mol. The molecule has 2 aliphatic heterocycles. The van der Waals surface area contributed by atoms with Gasteiger partial charge in [0, 0.05) is 44.5 Å². The van der Waals surface area contributed by atoms with Crippen molar-refractivity contribution in [3.05, 3.63) is 30.1 Å². The summed E-state index contributed by atoms with van der Waals surface area (Å²) in [6.45, 7) is 6.90. The maximum atomic E-state index is 12.9. The van der Waals surface area contributed by atoms with Crippen molar-refractivity contribution in [2.75, 3.05) is 51.1 Å². The summed E-state index contributed by atoms with van der Waals surface area (Å²) >= 11 is 0. The number of likely N-dealkylation sites (tertiary alicyclic amines) is 1. The van der Waals surface area contributed by atoms with Gasteiger partial charge in [-0.3, -0.25) is 19.4 Å². The average molecular weight is 376 g/mol. The highest BCUT2D eigenvalue weighted by molar-refractivity contribution is 5.92. The fourth-order valence-corrected chi connectivity index (χ4v) is 3.79. The van der Waals surface area contributed by atoms with Crippen LogP contribution >= 0.6 is 0 Å². The monoisotopic (exact) mass is 376 g/mol. The quantitative estimate of drug-likeness (QED) is 0.851. The fraction of sp³-hybridized carbons (Fsp3) is 0.600. The summed E-state index contributed by atoms with van der Waals surface area (Å²) in [5.74, 6) is -0.199. The molecule has 1 atom stereocenters. The van der Waals surface area contributed by atoms with Gasteiger partial charge in [-0.05, 0) is 50.5 Å². The van der Waals surface area contributed by atoms with Crippen LogP contribution in [-0.2, 0) is 9.59 Å². The molecule has 0 saturated carbocycles. The normalized spacial score (nSPS) is 21.9. The van der Waals surface area contributed by atoms with Crippen LogP contribution in [0.3, 0.4) is 0 Å². The smallest absolute Gasteiger partial charge is 0.238 e. The Balaban J connectivity index is 1.38. The first-order valence-corrected chi connectivity index (χ1v) is 9.81. The molecule has 1 N–H and O–H groups in total. The Morgan fingerprint density at radius 2 is 1.63 bits per heavy atom. The van der Waals surface area contributed by atoms with Crippen molar-refractivity contribution in [3.63, 3.8) is 0 Å². The largest absolute Gasteiger partial charge is 0.339 e. The van der Waals surface area contributed by atoms with Crippen LogP contribution in [0, 0.1) is 5.82 Å². The van der Waals surface area contributed by atoms with Gasteiger partial charge in [0.25, 0.3) is 0 Å². The Morgan fingerprint density at radius 1 is 1.00 bits per heavy atom. The molecule has 7 heteroatoms. The van der Waals surface area contributed by atoms with Gasteiger partial charge in [0.05, 0.1) is 13.1 Å². The molecule has 2 heterocycles. The maximum absolute atomic E-state index is 12.9. The van der Waals surface area contributed by atoms with Crippen molar-refractivity contribution < 1.29 is 14.0 Å². The Kier molecular flexibility index (Phi) is 6.79. The predicted octanol–water partition coefficient (Wildman–Crippen LogP) is 1.78. The fourth-order valence-electron chi connectivity index (χ4n) is 3.79. The maximum Gasteiger partial charge on any atom is 0.238 e. The molecule has 2 fully saturated rings. The number of rotatable bonds is 5. The van der Waals surface area contributed by atoms with E-state index < -0.39 is 0 Å². The number of benzene rings is 1. The van der Waals surface area contributed by atoms with E-state index >= 15 is 0 Å². The van der Waals surface area contributed by atoms with Crippen molar-refractivity contribution in [1.29, 1.82) is 0 Å². The Hall–Kier alpha value is -1.99. The molecule has 0 aromatic heterocycles. The minimum atomic E-state index is -0.322. The van der Waals surface area contributed by atoms with Crippen LogP contribution in [0.15, 0.2) is 24.3 Å². The number of halogens is 1. The number of nitrogens with one attached hydrogen (secondary N) is 1. The number of piperazine rings is 1. The zero-order valence-corrected chi connectivity index (χ0v) is 16.0. The average Bonchev–Trinajstić information content (AvgIpc) is 2.65. The van der Waals surface area contributed by atoms with Gasteiger partial charge in [0.2, 0.25) is 11.8 Å². The third-order valence-electron chi connectivity index (χ3n) is 5.44. The summed E-state index contributed by atoms with van der Waals surface area (Å²) in [7, 11) is 0. The van der Waals surface area contributed by atoms with E-state index in [9.17, 15) is 14.0 Å². The second-order valence-electron chi connectivity index (χ2n) is 7.54. The first-order valence-electron chi connectivity index (χ1n) is 9.81. The van der Waals surface area contributed by atoms with Crippen LogP contribution in [0.4, 0.5) is 10.1 Å². The predicted molar refractivity (Wildman–Crippen MR) is 103 cm³/mol. The number of piperidine rings is 1. The van der Waals surface area contributed by atoms with Crippen molar-refractivity contribution in [2.24, 2.45) is 0 Å². The highest BCUT2D eigenvalue weighted by Gasteiger charge is 2.26. The number of carbonyl (C=O) groups is 2. The lowest BCUT2D eigenvalue weighted by atomic mass is 10.0. The molecular formula is C20H29FN4O2. The molecule has 148 valence electrons. The van der Waals surface area contributed by atoms with Crippen LogP contribution in [0.5, 0.6) is 0 Å². The van der Waals surface area contributed by atoms with E-state index in [0.29, 0.717) is 24.8 Å². The van der Waals surface area contributed by atoms with Crippen LogP contribution in [0.1, 0.15) is 26.2 Å². The molecule has 2 amide bonds. The number of anilines is 1. The van der Waals surface area contributed by atoms with Crippen molar-refractivity contribution in [3.8, 4) is 0 Å². The summed E-state index contributed by atoms with van der Waals surface area (Å²) in [6.07, 6.45) is 3.42. The van der Waals surface area contributed by atoms with E-state index in [1.54, 1.807) is 12.1 Å². The van der Waals surface area contributed by atoms with Crippen LogP contribution < -0.4 is 5.32 Å². The van der Waals surface area contributed by atoms with Gasteiger partial charge in [0.1, 0.15) is 5.82 Å². The van der Waals surface area contributed by atoms with Crippen molar-refractivity contribution >= 4 is 17.5 Å². The number of nitrogens with zero attached hydrogens (tertiary/aromatic N) is 3. The van der Waals surface area contributed by atoms with Crippen LogP contribution in [0.2, 0.25) is 0 Å². The minimum Gasteiger partial charge on any atom is -0.339 e. The number of hydrogen-bond acceptors (Lipinski definition) is 4. The lowest BCUT2D eigenvalue weighted by Crippen LogP contribution is -2.53. The van der Waals surface area contributed by atoms with Gasteiger partial charge in [-0.25, -0.2) is 4.39 Å².